The van der Waals surface area contributed by atoms with Gasteiger partial charge in [-0.3, -0.25) is 4.79 Å². The van der Waals surface area contributed by atoms with Gasteiger partial charge in [0.15, 0.2) is 0 Å². The first-order chi connectivity index (χ1) is 5.24. The number of nitrogens with zero attached hydrogens (tertiary/aromatic N) is 1. The van der Waals surface area contributed by atoms with Crippen LogP contribution in [0.3, 0.4) is 0 Å². The third kappa shape index (κ3) is 2.29. The highest BCUT2D eigenvalue weighted by atomic mass is 16.1. The van der Waals surface area contributed by atoms with Crippen molar-refractivity contribution in [1.82, 2.24) is 4.90 Å². The normalized spacial score (nSPS) is 22.0. The number of hydrogen-bond acceptors (Lipinski definition) is 2. The zero-order valence-corrected chi connectivity index (χ0v) is 7.47. The van der Waals surface area contributed by atoms with Crippen LogP contribution in [0.5, 0.6) is 0 Å². The van der Waals surface area contributed by atoms with Crippen LogP contribution < -0.4 is 0 Å². The van der Waals surface area contributed by atoms with Crippen LogP contribution in [0, 0.1) is 5.92 Å². The number of rotatable bonds is 2. The number of ketones is 1. The molecule has 0 saturated carbocycles. The van der Waals surface area contributed by atoms with Gasteiger partial charge >= 0.3 is 0 Å². The summed E-state index contributed by atoms with van der Waals surface area (Å²) in [5, 5.41) is 0. The zero-order chi connectivity index (χ0) is 8.27. The second-order valence-electron chi connectivity index (χ2n) is 3.40. The Labute approximate surface area is 68.6 Å². The van der Waals surface area contributed by atoms with Gasteiger partial charge in [0.05, 0.1) is 0 Å². The lowest BCUT2D eigenvalue weighted by molar-refractivity contribution is -0.123. The molecule has 0 aromatic carbocycles. The molecular formula is C9H17NO. The summed E-state index contributed by atoms with van der Waals surface area (Å²) in [5.74, 6) is 0.828. The van der Waals surface area contributed by atoms with Gasteiger partial charge in [0.25, 0.3) is 0 Å². The summed E-state index contributed by atoms with van der Waals surface area (Å²) >= 11 is 0. The molecule has 64 valence electrons. The van der Waals surface area contributed by atoms with Crippen molar-refractivity contribution >= 4 is 5.78 Å². The first kappa shape index (κ1) is 8.72. The van der Waals surface area contributed by atoms with E-state index in [1.54, 1.807) is 0 Å². The van der Waals surface area contributed by atoms with Gasteiger partial charge in [0, 0.05) is 12.3 Å². The lowest BCUT2D eigenvalue weighted by Gasteiger charge is -2.27. The van der Waals surface area contributed by atoms with Crippen molar-refractivity contribution in [2.24, 2.45) is 5.92 Å². The van der Waals surface area contributed by atoms with Gasteiger partial charge in [-0.1, -0.05) is 6.92 Å². The van der Waals surface area contributed by atoms with Gasteiger partial charge < -0.3 is 4.90 Å². The van der Waals surface area contributed by atoms with Crippen molar-refractivity contribution in [3.8, 4) is 0 Å². The van der Waals surface area contributed by atoms with Crippen molar-refractivity contribution in [2.45, 2.75) is 26.2 Å². The van der Waals surface area contributed by atoms with Crippen molar-refractivity contribution in [1.29, 1.82) is 0 Å². The summed E-state index contributed by atoms with van der Waals surface area (Å²) in [6.45, 7) is 4.15. The van der Waals surface area contributed by atoms with Crippen molar-refractivity contribution in [3.05, 3.63) is 0 Å². The maximum atomic E-state index is 11.3. The van der Waals surface area contributed by atoms with E-state index in [4.69, 9.17) is 0 Å². The monoisotopic (exact) mass is 155 g/mol. The Hall–Kier alpha value is -0.370. The maximum Gasteiger partial charge on any atom is 0.135 e. The molecule has 0 spiro atoms. The Balaban J connectivity index is 2.33. The van der Waals surface area contributed by atoms with Gasteiger partial charge in [0.1, 0.15) is 5.78 Å². The van der Waals surface area contributed by atoms with E-state index in [0.717, 1.165) is 25.9 Å². The van der Waals surface area contributed by atoms with E-state index in [0.29, 0.717) is 18.1 Å². The third-order valence-electron chi connectivity index (χ3n) is 2.52. The number of hydrogen-bond donors (Lipinski definition) is 0. The Morgan fingerprint density at radius 3 is 2.45 bits per heavy atom. The molecule has 11 heavy (non-hydrogen) atoms. The molecule has 2 heteroatoms. The maximum absolute atomic E-state index is 11.3. The molecule has 0 aromatic rings. The van der Waals surface area contributed by atoms with Crippen molar-refractivity contribution < 1.29 is 4.79 Å². The molecule has 1 saturated heterocycles. The van der Waals surface area contributed by atoms with Crippen LogP contribution >= 0.6 is 0 Å². The van der Waals surface area contributed by atoms with E-state index in [9.17, 15) is 4.79 Å². The first-order valence-electron chi connectivity index (χ1n) is 4.45. The average Bonchev–Trinajstić information content (AvgIpc) is 2.05. The number of piperidine rings is 1. The molecule has 1 aliphatic heterocycles. The molecular weight excluding hydrogens is 138 g/mol. The minimum absolute atomic E-state index is 0.371. The van der Waals surface area contributed by atoms with E-state index in [1.165, 1.54) is 0 Å². The fraction of sp³-hybridized carbons (Fsp3) is 0.889. The summed E-state index contributed by atoms with van der Waals surface area (Å²) in [6.07, 6.45) is 2.86. The molecule has 1 fully saturated rings. The van der Waals surface area contributed by atoms with Crippen LogP contribution in [-0.2, 0) is 4.79 Å². The summed E-state index contributed by atoms with van der Waals surface area (Å²) in [5.41, 5.74) is 0. The highest BCUT2D eigenvalue weighted by Gasteiger charge is 2.21. The smallest absolute Gasteiger partial charge is 0.135 e. The van der Waals surface area contributed by atoms with Crippen molar-refractivity contribution in [2.75, 3.05) is 20.1 Å². The minimum atomic E-state index is 0.371. The second-order valence-corrected chi connectivity index (χ2v) is 3.40. The van der Waals surface area contributed by atoms with Gasteiger partial charge in [-0.2, -0.15) is 0 Å². The molecule has 0 aromatic heterocycles. The van der Waals surface area contributed by atoms with E-state index in [-0.39, 0.29) is 0 Å². The van der Waals surface area contributed by atoms with Gasteiger partial charge in [-0.15, -0.1) is 0 Å². The number of carbonyl (C=O) groups excluding carboxylic acids is 1. The SMILES string of the molecule is CCC(=O)C1CCN(C)CC1. The van der Waals surface area contributed by atoms with E-state index in [2.05, 4.69) is 11.9 Å². The third-order valence-corrected chi connectivity index (χ3v) is 2.52. The van der Waals surface area contributed by atoms with Crippen LogP contribution in [0.4, 0.5) is 0 Å². The van der Waals surface area contributed by atoms with Gasteiger partial charge in [0.2, 0.25) is 0 Å². The number of Topliss-reactive ketones (excluding diaryl/α,β-unsaturated/α-hetero) is 1. The molecule has 0 amide bonds. The second kappa shape index (κ2) is 3.86. The molecule has 0 unspecified atom stereocenters. The predicted molar refractivity (Wildman–Crippen MR) is 45.5 cm³/mol. The Morgan fingerprint density at radius 2 is 2.00 bits per heavy atom. The molecule has 0 aliphatic carbocycles. The molecule has 1 rings (SSSR count). The molecule has 0 bridgehead atoms. The summed E-state index contributed by atoms with van der Waals surface area (Å²) in [6, 6.07) is 0. The highest BCUT2D eigenvalue weighted by Crippen LogP contribution is 2.17. The quantitative estimate of drug-likeness (QED) is 0.599. The van der Waals surface area contributed by atoms with Gasteiger partial charge in [-0.05, 0) is 33.0 Å². The number of carbonyl (C=O) groups is 1. The van der Waals surface area contributed by atoms with E-state index < -0.39 is 0 Å². The molecule has 1 aliphatic rings. The van der Waals surface area contributed by atoms with Crippen LogP contribution in [-0.4, -0.2) is 30.8 Å². The van der Waals surface area contributed by atoms with Crippen molar-refractivity contribution in [3.63, 3.8) is 0 Å². The summed E-state index contributed by atoms with van der Waals surface area (Å²) in [4.78, 5) is 13.5. The Morgan fingerprint density at radius 1 is 1.45 bits per heavy atom. The Bertz CT molecular complexity index is 136. The zero-order valence-electron chi connectivity index (χ0n) is 7.47. The standard InChI is InChI=1S/C9H17NO/c1-3-9(11)8-4-6-10(2)7-5-8/h8H,3-7H2,1-2H3. The largest absolute Gasteiger partial charge is 0.306 e. The van der Waals surface area contributed by atoms with Crippen LogP contribution in [0.15, 0.2) is 0 Å². The van der Waals surface area contributed by atoms with Crippen LogP contribution in [0.2, 0.25) is 0 Å². The Kier molecular flexibility index (Phi) is 3.06. The summed E-state index contributed by atoms with van der Waals surface area (Å²) < 4.78 is 0. The molecule has 0 radical (unpaired) electrons. The summed E-state index contributed by atoms with van der Waals surface area (Å²) in [7, 11) is 2.12. The van der Waals surface area contributed by atoms with E-state index >= 15 is 0 Å². The first-order valence-corrected chi connectivity index (χ1v) is 4.45. The molecule has 0 atom stereocenters. The number of likely N-dealkylation sites (tertiary alicyclic amines) is 1. The highest BCUT2D eigenvalue weighted by molar-refractivity contribution is 5.80. The fourth-order valence-corrected chi connectivity index (χ4v) is 1.62. The molecule has 0 N–H and O–H groups in total. The topological polar surface area (TPSA) is 20.3 Å². The van der Waals surface area contributed by atoms with Crippen LogP contribution in [0.25, 0.3) is 0 Å². The average molecular weight is 155 g/mol. The molecule has 2 nitrogen and oxygen atoms in total. The predicted octanol–water partition coefficient (Wildman–Crippen LogP) is 1.31. The van der Waals surface area contributed by atoms with Crippen LogP contribution in [0.1, 0.15) is 26.2 Å². The lowest BCUT2D eigenvalue weighted by atomic mass is 9.92. The van der Waals surface area contributed by atoms with E-state index in [1.807, 2.05) is 6.92 Å². The van der Waals surface area contributed by atoms with Gasteiger partial charge in [-0.25, -0.2) is 0 Å². The fourth-order valence-electron chi connectivity index (χ4n) is 1.62. The molecule has 1 heterocycles. The minimum Gasteiger partial charge on any atom is -0.306 e. The lowest BCUT2D eigenvalue weighted by Crippen LogP contribution is -2.33.